The summed E-state index contributed by atoms with van der Waals surface area (Å²) in [5.41, 5.74) is 5.60. The summed E-state index contributed by atoms with van der Waals surface area (Å²) in [7, 11) is 1.58. The fourth-order valence-corrected chi connectivity index (χ4v) is 3.36. The van der Waals surface area contributed by atoms with Crippen LogP contribution >= 0.6 is 12.4 Å². The Morgan fingerprint density at radius 2 is 1.79 bits per heavy atom. The minimum Gasteiger partial charge on any atom is -0.497 e. The number of aromatic nitrogens is 2. The van der Waals surface area contributed by atoms with Crippen molar-refractivity contribution in [3.63, 3.8) is 0 Å². The van der Waals surface area contributed by atoms with Crippen molar-refractivity contribution in [1.29, 1.82) is 0 Å². The predicted octanol–water partition coefficient (Wildman–Crippen LogP) is 2.47. The van der Waals surface area contributed by atoms with Crippen LogP contribution in [0, 0.1) is 0 Å². The Hall–Kier alpha value is -2.58. The van der Waals surface area contributed by atoms with Crippen LogP contribution in [0.3, 0.4) is 0 Å². The van der Waals surface area contributed by atoms with Crippen LogP contribution < -0.4 is 15.8 Å². The van der Waals surface area contributed by atoms with Crippen molar-refractivity contribution >= 4 is 30.0 Å². The van der Waals surface area contributed by atoms with Gasteiger partial charge in [-0.05, 0) is 51.0 Å². The number of rotatable bonds is 5. The summed E-state index contributed by atoms with van der Waals surface area (Å²) in [6.45, 7) is 4.69. The highest BCUT2D eigenvalue weighted by molar-refractivity contribution is 6.03. The maximum Gasteiger partial charge on any atom is 0.256 e. The SMILES string of the molecule is COc1ccc(C(=O)Nc2ccnn2C2CCN(C(=O)C(C)(C)N)CC2)cc1.Cl. The van der Waals surface area contributed by atoms with Crippen LogP contribution in [0.2, 0.25) is 0 Å². The predicted molar refractivity (Wildman–Crippen MR) is 114 cm³/mol. The summed E-state index contributed by atoms with van der Waals surface area (Å²) in [4.78, 5) is 26.7. The second-order valence-electron chi connectivity index (χ2n) is 7.59. The van der Waals surface area contributed by atoms with Crippen molar-refractivity contribution in [3.8, 4) is 5.75 Å². The molecule has 29 heavy (non-hydrogen) atoms. The van der Waals surface area contributed by atoms with E-state index in [0.717, 1.165) is 12.8 Å². The number of piperidine rings is 1. The highest BCUT2D eigenvalue weighted by Gasteiger charge is 2.32. The molecule has 9 heteroatoms. The number of amides is 2. The molecule has 158 valence electrons. The van der Waals surface area contributed by atoms with Crippen molar-refractivity contribution in [1.82, 2.24) is 14.7 Å². The Morgan fingerprint density at radius 1 is 1.17 bits per heavy atom. The van der Waals surface area contributed by atoms with Crippen LogP contribution in [0.4, 0.5) is 5.82 Å². The van der Waals surface area contributed by atoms with Crippen LogP contribution in [-0.4, -0.2) is 52.2 Å². The Balaban J connectivity index is 0.00000300. The van der Waals surface area contributed by atoms with E-state index in [-0.39, 0.29) is 30.3 Å². The highest BCUT2D eigenvalue weighted by Crippen LogP contribution is 2.26. The maximum absolute atomic E-state index is 12.5. The molecule has 0 atom stereocenters. The van der Waals surface area contributed by atoms with Crippen LogP contribution in [-0.2, 0) is 4.79 Å². The lowest BCUT2D eigenvalue weighted by Gasteiger charge is -2.36. The summed E-state index contributed by atoms with van der Waals surface area (Å²) < 4.78 is 6.95. The zero-order valence-corrected chi connectivity index (χ0v) is 17.7. The molecule has 3 rings (SSSR count). The topological polar surface area (TPSA) is 102 Å². The van der Waals surface area contributed by atoms with Gasteiger partial charge in [0, 0.05) is 24.7 Å². The van der Waals surface area contributed by atoms with E-state index in [4.69, 9.17) is 10.5 Å². The minimum atomic E-state index is -0.865. The van der Waals surface area contributed by atoms with Gasteiger partial charge in [-0.2, -0.15) is 5.10 Å². The molecule has 0 spiro atoms. The largest absolute Gasteiger partial charge is 0.497 e. The van der Waals surface area contributed by atoms with Gasteiger partial charge in [0.05, 0.1) is 24.9 Å². The molecule has 0 saturated carbocycles. The highest BCUT2D eigenvalue weighted by atomic mass is 35.5. The van der Waals surface area contributed by atoms with Gasteiger partial charge in [0.15, 0.2) is 0 Å². The summed E-state index contributed by atoms with van der Waals surface area (Å²) in [5.74, 6) is 1.09. The third-order valence-electron chi connectivity index (χ3n) is 4.91. The second-order valence-corrected chi connectivity index (χ2v) is 7.59. The van der Waals surface area contributed by atoms with E-state index in [1.807, 2.05) is 4.68 Å². The Morgan fingerprint density at radius 3 is 2.34 bits per heavy atom. The first-order valence-corrected chi connectivity index (χ1v) is 9.37. The molecule has 0 unspecified atom stereocenters. The van der Waals surface area contributed by atoms with Gasteiger partial charge in [0.25, 0.3) is 5.91 Å². The maximum atomic E-state index is 12.5. The lowest BCUT2D eigenvalue weighted by atomic mass is 10.0. The molecule has 0 aliphatic carbocycles. The number of nitrogens with two attached hydrogens (primary N) is 1. The van der Waals surface area contributed by atoms with Gasteiger partial charge in [-0.3, -0.25) is 9.59 Å². The van der Waals surface area contributed by atoms with Gasteiger partial charge in [0.2, 0.25) is 5.91 Å². The third-order valence-corrected chi connectivity index (χ3v) is 4.91. The molecule has 1 saturated heterocycles. The molecule has 0 radical (unpaired) electrons. The van der Waals surface area contributed by atoms with E-state index in [1.165, 1.54) is 0 Å². The molecule has 1 aromatic carbocycles. The number of hydrogen-bond acceptors (Lipinski definition) is 5. The third kappa shape index (κ3) is 5.27. The van der Waals surface area contributed by atoms with Crippen LogP contribution in [0.5, 0.6) is 5.75 Å². The van der Waals surface area contributed by atoms with Crippen molar-refractivity contribution in [3.05, 3.63) is 42.1 Å². The van der Waals surface area contributed by atoms with Gasteiger partial charge in [-0.1, -0.05) is 0 Å². The summed E-state index contributed by atoms with van der Waals surface area (Å²) in [5, 5.41) is 7.31. The van der Waals surface area contributed by atoms with Crippen LogP contribution in [0.25, 0.3) is 0 Å². The van der Waals surface area contributed by atoms with E-state index in [1.54, 1.807) is 62.4 Å². The normalized spacial score (nSPS) is 14.8. The van der Waals surface area contributed by atoms with E-state index in [2.05, 4.69) is 10.4 Å². The molecule has 2 amide bonds. The zero-order valence-electron chi connectivity index (χ0n) is 16.9. The number of carbonyl (C=O) groups is 2. The summed E-state index contributed by atoms with van der Waals surface area (Å²) in [6.07, 6.45) is 3.19. The average molecular weight is 422 g/mol. The molecule has 3 N–H and O–H groups in total. The summed E-state index contributed by atoms with van der Waals surface area (Å²) >= 11 is 0. The number of methoxy groups -OCH3 is 1. The molecule has 1 fully saturated rings. The van der Waals surface area contributed by atoms with Gasteiger partial charge < -0.3 is 20.7 Å². The first kappa shape index (κ1) is 22.7. The van der Waals surface area contributed by atoms with Gasteiger partial charge >= 0.3 is 0 Å². The number of likely N-dealkylation sites (tertiary alicyclic amines) is 1. The fourth-order valence-electron chi connectivity index (χ4n) is 3.36. The average Bonchev–Trinajstić information content (AvgIpc) is 3.15. The van der Waals surface area contributed by atoms with Gasteiger partial charge in [0.1, 0.15) is 11.6 Å². The number of halogens is 1. The Kier molecular flexibility index (Phi) is 7.26. The number of nitrogens with one attached hydrogen (secondary N) is 1. The number of benzene rings is 1. The standard InChI is InChI=1S/C20H27N5O3.ClH/c1-20(2,21)19(27)24-12-9-15(10-13-24)25-17(8-11-22-25)23-18(26)14-4-6-16(28-3)7-5-14;/h4-8,11,15H,9-10,12-13,21H2,1-3H3,(H,23,26);1H. The molecular weight excluding hydrogens is 394 g/mol. The quantitative estimate of drug-likeness (QED) is 0.772. The van der Waals surface area contributed by atoms with E-state index >= 15 is 0 Å². The molecule has 8 nitrogen and oxygen atoms in total. The number of ether oxygens (including phenoxy) is 1. The van der Waals surface area contributed by atoms with E-state index in [9.17, 15) is 9.59 Å². The minimum absolute atomic E-state index is 0. The molecule has 1 aromatic heterocycles. The first-order chi connectivity index (χ1) is 13.3. The van der Waals surface area contributed by atoms with Gasteiger partial charge in [-0.25, -0.2) is 4.68 Å². The van der Waals surface area contributed by atoms with Crippen LogP contribution in [0.1, 0.15) is 43.1 Å². The molecular formula is C20H28ClN5O3. The number of carbonyl (C=O) groups excluding carboxylic acids is 2. The van der Waals surface area contributed by atoms with Crippen molar-refractivity contribution in [2.24, 2.45) is 5.73 Å². The second kappa shape index (κ2) is 9.28. The molecule has 1 aliphatic rings. The Labute approximate surface area is 176 Å². The van der Waals surface area contributed by atoms with Crippen molar-refractivity contribution < 1.29 is 14.3 Å². The number of hydrogen-bond donors (Lipinski definition) is 2. The fraction of sp³-hybridized carbons (Fsp3) is 0.450. The smallest absolute Gasteiger partial charge is 0.256 e. The Bertz CT molecular complexity index is 837. The number of anilines is 1. The molecule has 0 bridgehead atoms. The lowest BCUT2D eigenvalue weighted by molar-refractivity contribution is -0.137. The van der Waals surface area contributed by atoms with E-state index in [0.29, 0.717) is 30.2 Å². The zero-order chi connectivity index (χ0) is 20.3. The van der Waals surface area contributed by atoms with E-state index < -0.39 is 5.54 Å². The molecule has 1 aliphatic heterocycles. The molecule has 2 heterocycles. The lowest BCUT2D eigenvalue weighted by Crippen LogP contribution is -2.53. The monoisotopic (exact) mass is 421 g/mol. The van der Waals surface area contributed by atoms with Crippen molar-refractivity contribution in [2.75, 3.05) is 25.5 Å². The van der Waals surface area contributed by atoms with Crippen molar-refractivity contribution in [2.45, 2.75) is 38.3 Å². The molecule has 2 aromatic rings. The van der Waals surface area contributed by atoms with Gasteiger partial charge in [-0.15, -0.1) is 12.4 Å². The first-order valence-electron chi connectivity index (χ1n) is 9.37. The number of nitrogens with zero attached hydrogens (tertiary/aromatic N) is 3. The van der Waals surface area contributed by atoms with Crippen LogP contribution in [0.15, 0.2) is 36.5 Å². The summed E-state index contributed by atoms with van der Waals surface area (Å²) in [6, 6.07) is 8.82.